The molecule has 0 rings (SSSR count). The van der Waals surface area contributed by atoms with Crippen LogP contribution in [-0.2, 0) is 9.53 Å². The van der Waals surface area contributed by atoms with Gasteiger partial charge in [-0.05, 0) is 24.2 Å². The molecule has 0 aliphatic rings. The van der Waals surface area contributed by atoms with Crippen molar-refractivity contribution in [2.24, 2.45) is 11.3 Å². The number of hydrogen-bond donors (Lipinski definition) is 0. The van der Waals surface area contributed by atoms with Crippen LogP contribution < -0.4 is 0 Å². The Morgan fingerprint density at radius 2 is 2.07 bits per heavy atom. The van der Waals surface area contributed by atoms with Crippen molar-refractivity contribution in [1.29, 1.82) is 0 Å². The third kappa shape index (κ3) is 6.70. The molecule has 0 spiro atoms. The van der Waals surface area contributed by atoms with Crippen LogP contribution in [-0.4, -0.2) is 12.6 Å². The third-order valence-electron chi connectivity index (χ3n) is 2.15. The van der Waals surface area contributed by atoms with Crippen molar-refractivity contribution in [1.82, 2.24) is 0 Å². The standard InChI is InChI=1S/C12H22O2/c1-6-11(13)14-8-7-12(4,5)9-10(2)3/h6,10H,1,7-9H2,2-5H3. The Morgan fingerprint density at radius 1 is 1.50 bits per heavy atom. The van der Waals surface area contributed by atoms with E-state index >= 15 is 0 Å². The number of carbonyl (C=O) groups is 1. The highest BCUT2D eigenvalue weighted by molar-refractivity contribution is 5.81. The first-order valence-electron chi connectivity index (χ1n) is 5.16. The minimum absolute atomic E-state index is 0.246. The minimum Gasteiger partial charge on any atom is -0.463 e. The maximum absolute atomic E-state index is 10.8. The second-order valence-electron chi connectivity index (χ2n) is 4.88. The topological polar surface area (TPSA) is 26.3 Å². The Labute approximate surface area is 87.3 Å². The van der Waals surface area contributed by atoms with Crippen molar-refractivity contribution < 1.29 is 9.53 Å². The van der Waals surface area contributed by atoms with E-state index in [1.165, 1.54) is 6.08 Å². The molecular formula is C12H22O2. The van der Waals surface area contributed by atoms with Gasteiger partial charge in [-0.2, -0.15) is 0 Å². The van der Waals surface area contributed by atoms with Crippen molar-refractivity contribution >= 4 is 5.97 Å². The molecule has 0 saturated carbocycles. The summed E-state index contributed by atoms with van der Waals surface area (Å²) in [6.45, 7) is 12.7. The van der Waals surface area contributed by atoms with Gasteiger partial charge in [-0.25, -0.2) is 4.79 Å². The number of hydrogen-bond acceptors (Lipinski definition) is 2. The van der Waals surface area contributed by atoms with E-state index in [1.54, 1.807) is 0 Å². The van der Waals surface area contributed by atoms with Crippen LogP contribution in [0.3, 0.4) is 0 Å². The van der Waals surface area contributed by atoms with Crippen molar-refractivity contribution in [3.8, 4) is 0 Å². The Balaban J connectivity index is 3.75. The smallest absolute Gasteiger partial charge is 0.330 e. The van der Waals surface area contributed by atoms with Crippen LogP contribution in [0.1, 0.15) is 40.5 Å². The van der Waals surface area contributed by atoms with Gasteiger partial charge in [0, 0.05) is 6.08 Å². The molecule has 14 heavy (non-hydrogen) atoms. The first kappa shape index (κ1) is 13.2. The van der Waals surface area contributed by atoms with E-state index in [2.05, 4.69) is 34.3 Å². The van der Waals surface area contributed by atoms with Gasteiger partial charge < -0.3 is 4.74 Å². The summed E-state index contributed by atoms with van der Waals surface area (Å²) < 4.78 is 4.95. The molecule has 0 radical (unpaired) electrons. The number of esters is 1. The molecule has 0 amide bonds. The first-order valence-corrected chi connectivity index (χ1v) is 5.16. The highest BCUT2D eigenvalue weighted by Gasteiger charge is 2.19. The summed E-state index contributed by atoms with van der Waals surface area (Å²) in [5.74, 6) is 0.352. The fraction of sp³-hybridized carbons (Fsp3) is 0.750. The van der Waals surface area contributed by atoms with E-state index in [0.29, 0.717) is 12.5 Å². The summed E-state index contributed by atoms with van der Waals surface area (Å²) in [6, 6.07) is 0. The summed E-state index contributed by atoms with van der Waals surface area (Å²) in [7, 11) is 0. The molecular weight excluding hydrogens is 176 g/mol. The zero-order valence-corrected chi connectivity index (χ0v) is 9.80. The zero-order chi connectivity index (χ0) is 11.2. The predicted molar refractivity (Wildman–Crippen MR) is 59.0 cm³/mol. The molecule has 2 nitrogen and oxygen atoms in total. The van der Waals surface area contributed by atoms with Crippen LogP contribution in [0, 0.1) is 11.3 Å². The van der Waals surface area contributed by atoms with E-state index in [-0.39, 0.29) is 11.4 Å². The van der Waals surface area contributed by atoms with E-state index in [0.717, 1.165) is 12.8 Å². The normalized spacial score (nSPS) is 11.5. The van der Waals surface area contributed by atoms with Gasteiger partial charge in [0.2, 0.25) is 0 Å². The van der Waals surface area contributed by atoms with Crippen LogP contribution in [0.15, 0.2) is 12.7 Å². The van der Waals surface area contributed by atoms with Gasteiger partial charge in [-0.15, -0.1) is 0 Å². The molecule has 0 N–H and O–H groups in total. The second-order valence-corrected chi connectivity index (χ2v) is 4.88. The average Bonchev–Trinajstić information content (AvgIpc) is 2.01. The van der Waals surface area contributed by atoms with Crippen LogP contribution in [0.4, 0.5) is 0 Å². The van der Waals surface area contributed by atoms with E-state index in [9.17, 15) is 4.79 Å². The summed E-state index contributed by atoms with van der Waals surface area (Å²) in [4.78, 5) is 10.8. The molecule has 0 bridgehead atoms. The third-order valence-corrected chi connectivity index (χ3v) is 2.15. The fourth-order valence-electron chi connectivity index (χ4n) is 1.69. The van der Waals surface area contributed by atoms with Crippen LogP contribution in [0.25, 0.3) is 0 Å². The van der Waals surface area contributed by atoms with Crippen LogP contribution in [0.5, 0.6) is 0 Å². The Hall–Kier alpha value is -0.790. The van der Waals surface area contributed by atoms with E-state index in [1.807, 2.05) is 0 Å². The van der Waals surface area contributed by atoms with E-state index in [4.69, 9.17) is 4.74 Å². The SMILES string of the molecule is C=CC(=O)OCCC(C)(C)CC(C)C. The Bertz CT molecular complexity index is 192. The quantitative estimate of drug-likeness (QED) is 0.484. The molecule has 0 saturated heterocycles. The van der Waals surface area contributed by atoms with Gasteiger partial charge in [0.1, 0.15) is 0 Å². The van der Waals surface area contributed by atoms with Crippen molar-refractivity contribution in [3.05, 3.63) is 12.7 Å². The molecule has 0 unspecified atom stereocenters. The van der Waals surface area contributed by atoms with Gasteiger partial charge in [-0.1, -0.05) is 34.3 Å². The monoisotopic (exact) mass is 198 g/mol. The van der Waals surface area contributed by atoms with Gasteiger partial charge in [-0.3, -0.25) is 0 Å². The number of carbonyl (C=O) groups excluding carboxylic acids is 1. The lowest BCUT2D eigenvalue weighted by atomic mass is 9.81. The summed E-state index contributed by atoms with van der Waals surface area (Å²) in [5, 5.41) is 0. The van der Waals surface area contributed by atoms with Gasteiger partial charge >= 0.3 is 5.97 Å². The van der Waals surface area contributed by atoms with Gasteiger partial charge in [0.25, 0.3) is 0 Å². The average molecular weight is 198 g/mol. The number of rotatable bonds is 6. The molecule has 0 fully saturated rings. The highest BCUT2D eigenvalue weighted by atomic mass is 16.5. The first-order chi connectivity index (χ1) is 6.37. The number of ether oxygens (including phenoxy) is 1. The lowest BCUT2D eigenvalue weighted by Crippen LogP contribution is -2.18. The van der Waals surface area contributed by atoms with E-state index < -0.39 is 0 Å². The summed E-state index contributed by atoms with van der Waals surface area (Å²) >= 11 is 0. The van der Waals surface area contributed by atoms with Crippen LogP contribution in [0.2, 0.25) is 0 Å². The fourth-order valence-corrected chi connectivity index (χ4v) is 1.69. The zero-order valence-electron chi connectivity index (χ0n) is 9.80. The Kier molecular flexibility index (Phi) is 5.51. The maximum atomic E-state index is 10.8. The molecule has 0 aromatic rings. The van der Waals surface area contributed by atoms with Crippen molar-refractivity contribution in [3.63, 3.8) is 0 Å². The van der Waals surface area contributed by atoms with Gasteiger partial charge in [0.15, 0.2) is 0 Å². The summed E-state index contributed by atoms with van der Waals surface area (Å²) in [6.07, 6.45) is 3.26. The lowest BCUT2D eigenvalue weighted by molar-refractivity contribution is -0.138. The molecule has 0 heterocycles. The predicted octanol–water partition coefficient (Wildman–Crippen LogP) is 3.18. The van der Waals surface area contributed by atoms with Gasteiger partial charge in [0.05, 0.1) is 6.61 Å². The van der Waals surface area contributed by atoms with Crippen molar-refractivity contribution in [2.45, 2.75) is 40.5 Å². The molecule has 0 aromatic heterocycles. The molecule has 0 aromatic carbocycles. The maximum Gasteiger partial charge on any atom is 0.330 e. The molecule has 0 atom stereocenters. The van der Waals surface area contributed by atoms with Crippen molar-refractivity contribution in [2.75, 3.05) is 6.61 Å². The lowest BCUT2D eigenvalue weighted by Gasteiger charge is -2.26. The minimum atomic E-state index is -0.328. The highest BCUT2D eigenvalue weighted by Crippen LogP contribution is 2.28. The second kappa shape index (κ2) is 5.84. The molecule has 2 heteroatoms. The van der Waals surface area contributed by atoms with Crippen LogP contribution >= 0.6 is 0 Å². The Morgan fingerprint density at radius 3 is 2.50 bits per heavy atom. The molecule has 0 aliphatic carbocycles. The summed E-state index contributed by atoms with van der Waals surface area (Å²) in [5.41, 5.74) is 0.246. The molecule has 0 aliphatic heterocycles. The largest absolute Gasteiger partial charge is 0.463 e. The molecule has 82 valence electrons.